The van der Waals surface area contributed by atoms with E-state index in [1.165, 1.54) is 37.2 Å². The van der Waals surface area contributed by atoms with Crippen molar-refractivity contribution < 1.29 is 0 Å². The first kappa shape index (κ1) is 13.1. The number of piperazine rings is 1. The van der Waals surface area contributed by atoms with E-state index in [1.807, 2.05) is 0 Å². The van der Waals surface area contributed by atoms with Crippen molar-refractivity contribution in [2.24, 2.45) is 0 Å². The third kappa shape index (κ3) is 2.39. The van der Waals surface area contributed by atoms with E-state index in [0.717, 1.165) is 37.5 Å². The number of rotatable bonds is 2. The second kappa shape index (κ2) is 5.30. The predicted octanol–water partition coefficient (Wildman–Crippen LogP) is 2.10. The topological polar surface area (TPSA) is 45.5 Å². The van der Waals surface area contributed by atoms with Crippen LogP contribution in [-0.2, 0) is 0 Å². The van der Waals surface area contributed by atoms with Crippen molar-refractivity contribution in [2.45, 2.75) is 38.5 Å². The van der Waals surface area contributed by atoms with Crippen LogP contribution in [0.3, 0.4) is 0 Å². The number of aromatic nitrogens is 3. The molecule has 0 atom stereocenters. The molecule has 0 aromatic carbocycles. The highest BCUT2D eigenvalue weighted by atomic mass is 15.4. The zero-order valence-corrected chi connectivity index (χ0v) is 12.7. The maximum atomic E-state index is 4.90. The summed E-state index contributed by atoms with van der Waals surface area (Å²) in [6.45, 7) is 6.24. The third-order valence-electron chi connectivity index (χ3n) is 4.77. The van der Waals surface area contributed by atoms with Crippen LogP contribution in [0.4, 0.5) is 5.82 Å². The lowest BCUT2D eigenvalue weighted by Crippen LogP contribution is -2.44. The Morgan fingerprint density at radius 3 is 2.67 bits per heavy atom. The molecule has 1 saturated carbocycles. The van der Waals surface area contributed by atoms with Gasteiger partial charge in [0.1, 0.15) is 5.82 Å². The smallest absolute Gasteiger partial charge is 0.157 e. The second-order valence-electron chi connectivity index (χ2n) is 6.31. The van der Waals surface area contributed by atoms with Crippen LogP contribution in [-0.4, -0.2) is 40.8 Å². The summed E-state index contributed by atoms with van der Waals surface area (Å²) in [6, 6.07) is 4.37. The number of fused-ring (bicyclic) bond motifs is 1. The summed E-state index contributed by atoms with van der Waals surface area (Å²) < 4.78 is 2.06. The number of nitrogens with zero attached hydrogens (tertiary/aromatic N) is 4. The molecular formula is C16H23N5. The highest BCUT2D eigenvalue weighted by Gasteiger charge is 2.22. The van der Waals surface area contributed by atoms with Crippen molar-refractivity contribution in [3.8, 4) is 0 Å². The molecule has 5 nitrogen and oxygen atoms in total. The number of hydrogen-bond acceptors (Lipinski definition) is 4. The van der Waals surface area contributed by atoms with E-state index in [0.29, 0.717) is 5.92 Å². The molecule has 3 heterocycles. The van der Waals surface area contributed by atoms with Gasteiger partial charge in [-0.1, -0.05) is 12.8 Å². The molecule has 0 spiro atoms. The molecule has 112 valence electrons. The molecule has 1 aliphatic carbocycles. The third-order valence-corrected chi connectivity index (χ3v) is 4.77. The Balaban J connectivity index is 1.77. The molecule has 1 saturated heterocycles. The van der Waals surface area contributed by atoms with Crippen molar-refractivity contribution in [3.63, 3.8) is 0 Å². The quantitative estimate of drug-likeness (QED) is 0.918. The Hall–Kier alpha value is -1.62. The molecule has 21 heavy (non-hydrogen) atoms. The van der Waals surface area contributed by atoms with Crippen LogP contribution in [0.5, 0.6) is 0 Å². The summed E-state index contributed by atoms with van der Waals surface area (Å²) in [4.78, 5) is 7.10. The molecular weight excluding hydrogens is 262 g/mol. The zero-order valence-electron chi connectivity index (χ0n) is 12.7. The van der Waals surface area contributed by atoms with Gasteiger partial charge in [-0.05, 0) is 19.8 Å². The molecule has 0 unspecified atom stereocenters. The van der Waals surface area contributed by atoms with Gasteiger partial charge >= 0.3 is 0 Å². The first-order valence-electron chi connectivity index (χ1n) is 8.14. The molecule has 1 aliphatic heterocycles. The van der Waals surface area contributed by atoms with Crippen LogP contribution >= 0.6 is 0 Å². The van der Waals surface area contributed by atoms with Gasteiger partial charge in [0.05, 0.1) is 5.69 Å². The van der Waals surface area contributed by atoms with E-state index in [9.17, 15) is 0 Å². The van der Waals surface area contributed by atoms with Crippen molar-refractivity contribution in [1.82, 2.24) is 19.9 Å². The summed E-state index contributed by atoms with van der Waals surface area (Å²) in [6.07, 6.45) is 5.25. The van der Waals surface area contributed by atoms with Crippen LogP contribution in [0, 0.1) is 6.92 Å². The highest BCUT2D eigenvalue weighted by Crippen LogP contribution is 2.34. The SMILES string of the molecule is Cc1cc(N2CCNCC2)n2nc(C3CCCC3)cc2n1. The summed E-state index contributed by atoms with van der Waals surface area (Å²) in [5.41, 5.74) is 3.32. The number of anilines is 1. The van der Waals surface area contributed by atoms with Crippen molar-refractivity contribution >= 4 is 11.5 Å². The van der Waals surface area contributed by atoms with E-state index in [4.69, 9.17) is 5.10 Å². The summed E-state index contributed by atoms with van der Waals surface area (Å²) in [7, 11) is 0. The van der Waals surface area contributed by atoms with Gasteiger partial charge in [-0.3, -0.25) is 0 Å². The van der Waals surface area contributed by atoms with Gasteiger partial charge in [0.15, 0.2) is 5.65 Å². The van der Waals surface area contributed by atoms with Gasteiger partial charge in [-0.2, -0.15) is 9.61 Å². The number of nitrogens with one attached hydrogen (secondary N) is 1. The Kier molecular flexibility index (Phi) is 3.30. The molecule has 0 amide bonds. The lowest BCUT2D eigenvalue weighted by Gasteiger charge is -2.29. The largest absolute Gasteiger partial charge is 0.354 e. The first-order chi connectivity index (χ1) is 10.3. The van der Waals surface area contributed by atoms with Gasteiger partial charge in [0.25, 0.3) is 0 Å². The molecule has 5 heteroatoms. The van der Waals surface area contributed by atoms with Crippen LogP contribution in [0.25, 0.3) is 5.65 Å². The average Bonchev–Trinajstić information content (AvgIpc) is 3.16. The first-order valence-corrected chi connectivity index (χ1v) is 8.14. The molecule has 2 aromatic heterocycles. The van der Waals surface area contributed by atoms with Crippen LogP contribution in [0.1, 0.15) is 43.0 Å². The normalized spacial score (nSPS) is 20.5. The van der Waals surface area contributed by atoms with Gasteiger partial charge in [-0.15, -0.1) is 0 Å². The molecule has 0 radical (unpaired) electrons. The monoisotopic (exact) mass is 285 g/mol. The van der Waals surface area contributed by atoms with Crippen molar-refractivity contribution in [3.05, 3.63) is 23.5 Å². The minimum atomic E-state index is 0.642. The van der Waals surface area contributed by atoms with Gasteiger partial charge < -0.3 is 10.2 Å². The molecule has 2 fully saturated rings. The molecule has 2 aliphatic rings. The fraction of sp³-hybridized carbons (Fsp3) is 0.625. The van der Waals surface area contributed by atoms with E-state index >= 15 is 0 Å². The predicted molar refractivity (Wildman–Crippen MR) is 84.0 cm³/mol. The van der Waals surface area contributed by atoms with Crippen molar-refractivity contribution in [1.29, 1.82) is 0 Å². The highest BCUT2D eigenvalue weighted by molar-refractivity contribution is 5.52. The second-order valence-corrected chi connectivity index (χ2v) is 6.31. The van der Waals surface area contributed by atoms with E-state index in [-0.39, 0.29) is 0 Å². The number of hydrogen-bond donors (Lipinski definition) is 1. The standard InChI is InChI=1S/C16H23N5/c1-12-10-16(20-8-6-17-7-9-20)21-15(18-12)11-14(19-21)13-4-2-3-5-13/h10-11,13,17H,2-9H2,1H3. The molecule has 2 aromatic rings. The fourth-order valence-electron chi connectivity index (χ4n) is 3.64. The maximum absolute atomic E-state index is 4.90. The van der Waals surface area contributed by atoms with Crippen LogP contribution in [0.15, 0.2) is 12.1 Å². The molecule has 4 rings (SSSR count). The summed E-state index contributed by atoms with van der Waals surface area (Å²) in [5.74, 6) is 1.84. The number of aryl methyl sites for hydroxylation is 1. The van der Waals surface area contributed by atoms with Crippen LogP contribution < -0.4 is 10.2 Å². The van der Waals surface area contributed by atoms with Crippen molar-refractivity contribution in [2.75, 3.05) is 31.1 Å². The zero-order chi connectivity index (χ0) is 14.2. The Morgan fingerprint density at radius 2 is 1.90 bits per heavy atom. The van der Waals surface area contributed by atoms with E-state index in [1.54, 1.807) is 0 Å². The minimum absolute atomic E-state index is 0.642. The lowest BCUT2D eigenvalue weighted by molar-refractivity contribution is 0.578. The summed E-state index contributed by atoms with van der Waals surface area (Å²) >= 11 is 0. The Bertz CT molecular complexity index is 635. The lowest BCUT2D eigenvalue weighted by atomic mass is 10.1. The van der Waals surface area contributed by atoms with E-state index < -0.39 is 0 Å². The average molecular weight is 285 g/mol. The van der Waals surface area contributed by atoms with Gasteiger partial charge in [0.2, 0.25) is 0 Å². The van der Waals surface area contributed by atoms with Gasteiger partial charge in [0, 0.05) is 49.9 Å². The summed E-state index contributed by atoms with van der Waals surface area (Å²) in [5, 5.41) is 8.31. The maximum Gasteiger partial charge on any atom is 0.157 e. The Labute approximate surface area is 125 Å². The Morgan fingerprint density at radius 1 is 1.14 bits per heavy atom. The molecule has 0 bridgehead atoms. The molecule has 1 N–H and O–H groups in total. The minimum Gasteiger partial charge on any atom is -0.354 e. The van der Waals surface area contributed by atoms with Gasteiger partial charge in [-0.25, -0.2) is 4.98 Å². The van der Waals surface area contributed by atoms with Crippen LogP contribution in [0.2, 0.25) is 0 Å². The fourth-order valence-corrected chi connectivity index (χ4v) is 3.64. The van der Waals surface area contributed by atoms with E-state index in [2.05, 4.69) is 38.8 Å².